The Morgan fingerprint density at radius 3 is 1.92 bits per heavy atom. The second-order valence-electron chi connectivity index (χ2n) is 2.37. The molecule has 72 valence electrons. The van der Waals surface area contributed by atoms with Crippen molar-refractivity contribution in [3.05, 3.63) is 5.53 Å². The molecule has 0 N–H and O–H groups in total. The highest BCUT2D eigenvalue weighted by atomic mass is 16.7. The van der Waals surface area contributed by atoms with Gasteiger partial charge in [-0.05, 0) is 20.3 Å². The summed E-state index contributed by atoms with van der Waals surface area (Å²) in [5.41, 5.74) is 8.61. The lowest BCUT2D eigenvalue weighted by Crippen LogP contribution is -2.29. The van der Waals surface area contributed by atoms with E-state index >= 15 is 0 Å². The topological polar surface area (TPSA) is 53.1 Å². The molecule has 0 spiro atoms. The van der Waals surface area contributed by atoms with Crippen LogP contribution in [-0.4, -0.2) is 25.5 Å². The molecule has 0 aliphatic rings. The van der Waals surface area contributed by atoms with Crippen LogP contribution in [0.25, 0.3) is 5.53 Å². The summed E-state index contributed by atoms with van der Waals surface area (Å²) in [6, 6.07) is -0.273. The molecule has 1 unspecified atom stereocenters. The van der Waals surface area contributed by atoms with Gasteiger partial charge in [-0.3, -0.25) is 0 Å². The molecule has 0 aliphatic heterocycles. The lowest BCUT2D eigenvalue weighted by Gasteiger charge is -2.24. The first kappa shape index (κ1) is 11.5. The molecule has 0 radical (unpaired) electrons. The van der Waals surface area contributed by atoms with Crippen LogP contribution in [0.4, 0.5) is 0 Å². The van der Waals surface area contributed by atoms with Gasteiger partial charge in [-0.15, -0.1) is 0 Å². The maximum Gasteiger partial charge on any atom is 0.177 e. The average molecular weight is 173 g/mol. The van der Waals surface area contributed by atoms with E-state index in [9.17, 15) is 0 Å². The predicted molar refractivity (Wildman–Crippen MR) is 46.9 cm³/mol. The fourth-order valence-corrected chi connectivity index (χ4v) is 0.927. The standard InChI is InChI=1S/C8H17N2O2/c1-4-7(10-9)8(11-5-2)12-6-3/h7-8H,4-6H2,1-3H3/q-1. The third kappa shape index (κ3) is 3.78. The SMILES string of the molecule is CCOC(OCC)C(CC)N=[N-]. The van der Waals surface area contributed by atoms with Gasteiger partial charge in [-0.2, -0.15) is 0 Å². The first-order valence-electron chi connectivity index (χ1n) is 4.37. The Morgan fingerprint density at radius 2 is 1.67 bits per heavy atom. The number of nitrogens with zero attached hydrogens (tertiary/aromatic N) is 2. The summed E-state index contributed by atoms with van der Waals surface area (Å²) in [5, 5.41) is 3.19. The van der Waals surface area contributed by atoms with Gasteiger partial charge in [-0.1, -0.05) is 6.92 Å². The third-order valence-corrected chi connectivity index (χ3v) is 1.54. The van der Waals surface area contributed by atoms with Gasteiger partial charge in [0.1, 0.15) is 0 Å². The van der Waals surface area contributed by atoms with Crippen LogP contribution in [-0.2, 0) is 9.47 Å². The monoisotopic (exact) mass is 173 g/mol. The molecule has 0 aliphatic carbocycles. The lowest BCUT2D eigenvalue weighted by molar-refractivity contribution is -0.148. The van der Waals surface area contributed by atoms with Gasteiger partial charge < -0.3 is 20.1 Å². The Morgan fingerprint density at radius 1 is 1.17 bits per heavy atom. The smallest absolute Gasteiger partial charge is 0.177 e. The minimum Gasteiger partial charge on any atom is -0.712 e. The van der Waals surface area contributed by atoms with E-state index in [1.807, 2.05) is 20.8 Å². The second kappa shape index (κ2) is 7.18. The molecule has 12 heavy (non-hydrogen) atoms. The van der Waals surface area contributed by atoms with Crippen molar-refractivity contribution < 1.29 is 9.47 Å². The van der Waals surface area contributed by atoms with Crippen LogP contribution in [0.5, 0.6) is 0 Å². The summed E-state index contributed by atoms with van der Waals surface area (Å²) in [4.78, 5) is 0. The maximum atomic E-state index is 8.61. The van der Waals surface area contributed by atoms with Crippen molar-refractivity contribution in [1.29, 1.82) is 0 Å². The highest BCUT2D eigenvalue weighted by Gasteiger charge is 2.16. The molecule has 4 nitrogen and oxygen atoms in total. The minimum atomic E-state index is -0.407. The van der Waals surface area contributed by atoms with E-state index in [0.717, 1.165) is 0 Å². The fourth-order valence-electron chi connectivity index (χ4n) is 0.927. The second-order valence-corrected chi connectivity index (χ2v) is 2.37. The summed E-state index contributed by atoms with van der Waals surface area (Å²) < 4.78 is 10.5. The molecule has 0 fully saturated rings. The van der Waals surface area contributed by atoms with E-state index in [1.54, 1.807) is 0 Å². The summed E-state index contributed by atoms with van der Waals surface area (Å²) >= 11 is 0. The van der Waals surface area contributed by atoms with Crippen LogP contribution >= 0.6 is 0 Å². The van der Waals surface area contributed by atoms with Crippen LogP contribution in [0.15, 0.2) is 5.11 Å². The molecule has 0 amide bonds. The Kier molecular flexibility index (Phi) is 6.90. The van der Waals surface area contributed by atoms with E-state index in [-0.39, 0.29) is 6.04 Å². The highest BCUT2D eigenvalue weighted by molar-refractivity contribution is 4.67. The Labute approximate surface area is 73.8 Å². The maximum absolute atomic E-state index is 8.61. The predicted octanol–water partition coefficient (Wildman–Crippen LogP) is 2.19. The minimum absolute atomic E-state index is 0.273. The third-order valence-electron chi connectivity index (χ3n) is 1.54. The molecular weight excluding hydrogens is 156 g/mol. The lowest BCUT2D eigenvalue weighted by atomic mass is 10.2. The highest BCUT2D eigenvalue weighted by Crippen LogP contribution is 2.09. The number of hydrogen-bond donors (Lipinski definition) is 0. The van der Waals surface area contributed by atoms with Crippen LogP contribution in [0, 0.1) is 0 Å². The molecule has 0 saturated heterocycles. The van der Waals surface area contributed by atoms with Crippen molar-refractivity contribution in [3.8, 4) is 0 Å². The van der Waals surface area contributed by atoms with Crippen molar-refractivity contribution in [1.82, 2.24) is 0 Å². The van der Waals surface area contributed by atoms with Gasteiger partial charge in [0.15, 0.2) is 6.29 Å². The van der Waals surface area contributed by atoms with Crippen LogP contribution < -0.4 is 0 Å². The zero-order valence-electron chi connectivity index (χ0n) is 7.99. The van der Waals surface area contributed by atoms with Gasteiger partial charge in [0.05, 0.1) is 6.04 Å². The Bertz CT molecular complexity index is 114. The normalized spacial score (nSPS) is 13.3. The quantitative estimate of drug-likeness (QED) is 0.437. The molecule has 0 aromatic carbocycles. The van der Waals surface area contributed by atoms with Gasteiger partial charge in [0, 0.05) is 13.2 Å². The van der Waals surface area contributed by atoms with Gasteiger partial charge >= 0.3 is 0 Å². The summed E-state index contributed by atoms with van der Waals surface area (Å²) in [6.45, 7) is 6.83. The fraction of sp³-hybridized carbons (Fsp3) is 1.00. The van der Waals surface area contributed by atoms with E-state index in [1.165, 1.54) is 0 Å². The van der Waals surface area contributed by atoms with Gasteiger partial charge in [-0.25, -0.2) is 0 Å². The van der Waals surface area contributed by atoms with Crippen LogP contribution in [0.1, 0.15) is 27.2 Å². The van der Waals surface area contributed by atoms with Crippen LogP contribution in [0.2, 0.25) is 0 Å². The summed E-state index contributed by atoms with van der Waals surface area (Å²) in [6.07, 6.45) is 0.302. The molecule has 0 aromatic heterocycles. The zero-order valence-corrected chi connectivity index (χ0v) is 7.99. The largest absolute Gasteiger partial charge is 0.712 e. The van der Waals surface area contributed by atoms with Crippen molar-refractivity contribution in [2.75, 3.05) is 13.2 Å². The van der Waals surface area contributed by atoms with Gasteiger partial charge in [0.25, 0.3) is 0 Å². The molecule has 0 rings (SSSR count). The summed E-state index contributed by atoms with van der Waals surface area (Å²) in [5.74, 6) is 0. The van der Waals surface area contributed by atoms with Crippen molar-refractivity contribution in [3.63, 3.8) is 0 Å². The molecule has 0 heterocycles. The van der Waals surface area contributed by atoms with Gasteiger partial charge in [0.2, 0.25) is 0 Å². The van der Waals surface area contributed by atoms with E-state index in [4.69, 9.17) is 15.0 Å². The van der Waals surface area contributed by atoms with E-state index < -0.39 is 6.29 Å². The summed E-state index contributed by atoms with van der Waals surface area (Å²) in [7, 11) is 0. The molecule has 1 atom stereocenters. The Hall–Kier alpha value is -0.480. The van der Waals surface area contributed by atoms with Crippen molar-refractivity contribution in [2.45, 2.75) is 39.5 Å². The first-order valence-corrected chi connectivity index (χ1v) is 4.37. The molecular formula is C8H17N2O2-. The zero-order chi connectivity index (χ0) is 9.40. The van der Waals surface area contributed by atoms with E-state index in [2.05, 4.69) is 5.11 Å². The molecule has 0 aromatic rings. The first-order chi connectivity index (χ1) is 5.79. The Balaban J connectivity index is 3.94. The van der Waals surface area contributed by atoms with Crippen molar-refractivity contribution >= 4 is 0 Å². The van der Waals surface area contributed by atoms with E-state index in [0.29, 0.717) is 19.6 Å². The number of ether oxygens (including phenoxy) is 2. The number of hydrogen-bond acceptors (Lipinski definition) is 3. The molecule has 0 saturated carbocycles. The number of rotatable bonds is 7. The van der Waals surface area contributed by atoms with Crippen LogP contribution in [0.3, 0.4) is 0 Å². The molecule has 4 heteroatoms. The average Bonchev–Trinajstić information content (AvgIpc) is 2.07. The van der Waals surface area contributed by atoms with Crippen molar-refractivity contribution in [2.24, 2.45) is 5.11 Å². The molecule has 0 bridgehead atoms.